The van der Waals surface area contributed by atoms with Crippen molar-refractivity contribution in [1.29, 1.82) is 0 Å². The van der Waals surface area contributed by atoms with Gasteiger partial charge in [0.1, 0.15) is 5.76 Å². The summed E-state index contributed by atoms with van der Waals surface area (Å²) in [6, 6.07) is 1.91. The maximum atomic E-state index is 5.74. The number of nitrogens with zero attached hydrogens (tertiary/aromatic N) is 1. The average molecular weight is 262 g/mol. The first kappa shape index (κ1) is 13.9. The molecular weight excluding hydrogens is 240 g/mol. The molecule has 0 aliphatic carbocycles. The molecule has 2 aromatic rings. The van der Waals surface area contributed by atoms with Crippen LogP contribution < -0.4 is 5.32 Å². The van der Waals surface area contributed by atoms with Crippen molar-refractivity contribution in [1.82, 2.24) is 10.3 Å². The quantitative estimate of drug-likeness (QED) is 0.777. The van der Waals surface area contributed by atoms with Gasteiger partial charge in [0.15, 0.2) is 11.7 Å². The molecular formula is C15H22N2O2. The van der Waals surface area contributed by atoms with E-state index in [1.807, 2.05) is 13.0 Å². The van der Waals surface area contributed by atoms with Gasteiger partial charge >= 0.3 is 0 Å². The average Bonchev–Trinajstić information content (AvgIpc) is 2.97. The molecule has 0 aliphatic rings. The number of aromatic nitrogens is 1. The van der Waals surface area contributed by atoms with E-state index in [4.69, 9.17) is 8.83 Å². The Morgan fingerprint density at radius 2 is 2.21 bits per heavy atom. The minimum atomic E-state index is 0.692. The Bertz CT molecular complexity index is 500. The van der Waals surface area contributed by atoms with Gasteiger partial charge in [0.05, 0.1) is 18.0 Å². The van der Waals surface area contributed by atoms with Crippen molar-refractivity contribution in [2.45, 2.75) is 33.6 Å². The van der Waals surface area contributed by atoms with E-state index in [0.29, 0.717) is 5.92 Å². The van der Waals surface area contributed by atoms with Crippen LogP contribution in [0.4, 0.5) is 0 Å². The highest BCUT2D eigenvalue weighted by Crippen LogP contribution is 2.25. The molecule has 0 fully saturated rings. The van der Waals surface area contributed by atoms with Crippen molar-refractivity contribution in [3.63, 3.8) is 0 Å². The summed E-state index contributed by atoms with van der Waals surface area (Å²) in [6.45, 7) is 8.40. The Hall–Kier alpha value is -1.55. The first-order valence-corrected chi connectivity index (χ1v) is 6.86. The zero-order chi connectivity index (χ0) is 13.7. The number of hydrogen-bond acceptors (Lipinski definition) is 4. The van der Waals surface area contributed by atoms with Gasteiger partial charge in [0.25, 0.3) is 0 Å². The first-order chi connectivity index (χ1) is 9.16. The van der Waals surface area contributed by atoms with E-state index < -0.39 is 0 Å². The third-order valence-corrected chi connectivity index (χ3v) is 2.97. The molecule has 104 valence electrons. The molecule has 0 bridgehead atoms. The van der Waals surface area contributed by atoms with Crippen LogP contribution in [-0.4, -0.2) is 18.1 Å². The van der Waals surface area contributed by atoms with Gasteiger partial charge in [-0.25, -0.2) is 4.98 Å². The van der Waals surface area contributed by atoms with Gasteiger partial charge in [0, 0.05) is 6.42 Å². The Morgan fingerprint density at radius 3 is 2.89 bits per heavy atom. The van der Waals surface area contributed by atoms with E-state index in [1.54, 1.807) is 12.5 Å². The highest BCUT2D eigenvalue weighted by Gasteiger charge is 2.10. The monoisotopic (exact) mass is 262 g/mol. The Morgan fingerprint density at radius 1 is 1.37 bits per heavy atom. The van der Waals surface area contributed by atoms with Gasteiger partial charge in [-0.1, -0.05) is 13.8 Å². The molecule has 0 aliphatic heterocycles. The number of hydrogen-bond donors (Lipinski definition) is 1. The van der Waals surface area contributed by atoms with Crippen LogP contribution in [0.1, 0.15) is 31.9 Å². The van der Waals surface area contributed by atoms with E-state index in [1.165, 1.54) is 0 Å². The summed E-state index contributed by atoms with van der Waals surface area (Å²) in [6.07, 6.45) is 5.34. The summed E-state index contributed by atoms with van der Waals surface area (Å²) in [5, 5.41) is 3.41. The van der Waals surface area contributed by atoms with Crippen LogP contribution in [0.15, 0.2) is 27.4 Å². The van der Waals surface area contributed by atoms with Crippen LogP contribution in [-0.2, 0) is 6.42 Å². The van der Waals surface area contributed by atoms with E-state index in [2.05, 4.69) is 24.1 Å². The molecule has 2 heterocycles. The third kappa shape index (κ3) is 3.96. The highest BCUT2D eigenvalue weighted by atomic mass is 16.4. The fourth-order valence-corrected chi connectivity index (χ4v) is 1.95. The van der Waals surface area contributed by atoms with Gasteiger partial charge in [-0.3, -0.25) is 0 Å². The van der Waals surface area contributed by atoms with Crippen LogP contribution in [0.5, 0.6) is 0 Å². The predicted octanol–water partition coefficient (Wildman–Crippen LogP) is 3.42. The van der Waals surface area contributed by atoms with Crippen molar-refractivity contribution < 1.29 is 8.83 Å². The van der Waals surface area contributed by atoms with Crippen molar-refractivity contribution in [2.75, 3.05) is 13.1 Å². The van der Waals surface area contributed by atoms with Crippen LogP contribution >= 0.6 is 0 Å². The zero-order valence-corrected chi connectivity index (χ0v) is 11.9. The fourth-order valence-electron chi connectivity index (χ4n) is 1.95. The SMILES string of the molecule is Cc1occc1-c1cnc(CCCNCC(C)C)o1. The molecule has 0 saturated heterocycles. The molecule has 2 rings (SSSR count). The second-order valence-electron chi connectivity index (χ2n) is 5.21. The molecule has 0 atom stereocenters. The molecule has 19 heavy (non-hydrogen) atoms. The Balaban J connectivity index is 1.80. The van der Waals surface area contributed by atoms with Gasteiger partial charge in [-0.05, 0) is 38.4 Å². The molecule has 0 radical (unpaired) electrons. The highest BCUT2D eigenvalue weighted by molar-refractivity contribution is 5.58. The Labute approximate surface area is 114 Å². The smallest absolute Gasteiger partial charge is 0.194 e. The van der Waals surface area contributed by atoms with Crippen LogP contribution in [0.3, 0.4) is 0 Å². The molecule has 0 spiro atoms. The van der Waals surface area contributed by atoms with Crippen LogP contribution in [0, 0.1) is 12.8 Å². The standard InChI is InChI=1S/C15H22N2O2/c1-11(2)9-16-7-4-5-15-17-10-14(19-15)13-6-8-18-12(13)3/h6,8,10-11,16H,4-5,7,9H2,1-3H3. The second-order valence-corrected chi connectivity index (χ2v) is 5.21. The Kier molecular flexibility index (Phi) is 4.80. The lowest BCUT2D eigenvalue weighted by Crippen LogP contribution is -2.21. The number of nitrogens with one attached hydrogen (secondary N) is 1. The molecule has 0 aromatic carbocycles. The summed E-state index contributed by atoms with van der Waals surface area (Å²) in [5.74, 6) is 3.14. The van der Waals surface area contributed by atoms with Gasteiger partial charge in [0.2, 0.25) is 0 Å². The van der Waals surface area contributed by atoms with E-state index >= 15 is 0 Å². The topological polar surface area (TPSA) is 51.2 Å². The molecule has 4 heteroatoms. The second kappa shape index (κ2) is 6.57. The minimum Gasteiger partial charge on any atom is -0.469 e. The maximum absolute atomic E-state index is 5.74. The summed E-state index contributed by atoms with van der Waals surface area (Å²) in [7, 11) is 0. The molecule has 1 N–H and O–H groups in total. The predicted molar refractivity (Wildman–Crippen MR) is 75.0 cm³/mol. The van der Waals surface area contributed by atoms with Crippen LogP contribution in [0.2, 0.25) is 0 Å². The molecule has 0 saturated carbocycles. The van der Waals surface area contributed by atoms with E-state index in [0.717, 1.165) is 48.9 Å². The largest absolute Gasteiger partial charge is 0.469 e. The summed E-state index contributed by atoms with van der Waals surface area (Å²) in [5.41, 5.74) is 0.983. The van der Waals surface area contributed by atoms with Gasteiger partial charge in [-0.15, -0.1) is 0 Å². The number of rotatable bonds is 7. The first-order valence-electron chi connectivity index (χ1n) is 6.86. The van der Waals surface area contributed by atoms with Crippen molar-refractivity contribution in [3.05, 3.63) is 30.2 Å². The molecule has 0 amide bonds. The van der Waals surface area contributed by atoms with Crippen molar-refractivity contribution in [2.24, 2.45) is 5.92 Å². The lowest BCUT2D eigenvalue weighted by atomic mass is 10.2. The molecule has 2 aromatic heterocycles. The van der Waals surface area contributed by atoms with Crippen molar-refractivity contribution in [3.8, 4) is 11.3 Å². The number of aryl methyl sites for hydroxylation is 2. The summed E-state index contributed by atoms with van der Waals surface area (Å²) < 4.78 is 11.0. The molecule has 0 unspecified atom stereocenters. The van der Waals surface area contributed by atoms with E-state index in [-0.39, 0.29) is 0 Å². The summed E-state index contributed by atoms with van der Waals surface area (Å²) >= 11 is 0. The van der Waals surface area contributed by atoms with E-state index in [9.17, 15) is 0 Å². The van der Waals surface area contributed by atoms with Gasteiger partial charge in [-0.2, -0.15) is 0 Å². The lowest BCUT2D eigenvalue weighted by Gasteiger charge is -2.05. The third-order valence-electron chi connectivity index (χ3n) is 2.97. The number of furan rings is 1. The van der Waals surface area contributed by atoms with Gasteiger partial charge < -0.3 is 14.2 Å². The lowest BCUT2D eigenvalue weighted by molar-refractivity contribution is 0.481. The normalized spacial score (nSPS) is 11.4. The van der Waals surface area contributed by atoms with Crippen LogP contribution in [0.25, 0.3) is 11.3 Å². The number of oxazole rings is 1. The minimum absolute atomic E-state index is 0.692. The summed E-state index contributed by atoms with van der Waals surface area (Å²) in [4.78, 5) is 4.31. The maximum Gasteiger partial charge on any atom is 0.194 e. The molecule has 4 nitrogen and oxygen atoms in total. The zero-order valence-electron chi connectivity index (χ0n) is 11.9. The fraction of sp³-hybridized carbons (Fsp3) is 0.533. The van der Waals surface area contributed by atoms with Crippen molar-refractivity contribution >= 4 is 0 Å².